The van der Waals surface area contributed by atoms with E-state index < -0.39 is 0 Å². The number of carbonyl (C=O) groups is 1. The molecule has 1 aromatic carbocycles. The van der Waals surface area contributed by atoms with E-state index in [9.17, 15) is 9.18 Å². The number of hydrogen-bond donors (Lipinski definition) is 0. The molecule has 3 heteroatoms. The van der Waals surface area contributed by atoms with Crippen molar-refractivity contribution in [1.29, 1.82) is 0 Å². The molecule has 0 saturated carbocycles. The third-order valence-corrected chi connectivity index (χ3v) is 4.03. The standard InChI is InChI=1S/C15H20FNO/c1-10-6-7-17(9-12(10)3)15(18)13-4-5-14(16)11(2)8-13/h4-5,8,10,12H,6-7,9H2,1-3H3. The summed E-state index contributed by atoms with van der Waals surface area (Å²) in [4.78, 5) is 14.2. The zero-order valence-corrected chi connectivity index (χ0v) is 11.2. The van der Waals surface area contributed by atoms with Crippen LogP contribution in [0.4, 0.5) is 4.39 Å². The van der Waals surface area contributed by atoms with Gasteiger partial charge in [-0.2, -0.15) is 0 Å². The van der Waals surface area contributed by atoms with Gasteiger partial charge in [0.2, 0.25) is 0 Å². The fourth-order valence-electron chi connectivity index (χ4n) is 2.41. The molecular weight excluding hydrogens is 229 g/mol. The molecule has 0 aromatic heterocycles. The van der Waals surface area contributed by atoms with Crippen molar-refractivity contribution < 1.29 is 9.18 Å². The highest BCUT2D eigenvalue weighted by molar-refractivity contribution is 5.94. The Hall–Kier alpha value is -1.38. The predicted molar refractivity (Wildman–Crippen MR) is 70.0 cm³/mol. The summed E-state index contributed by atoms with van der Waals surface area (Å²) in [7, 11) is 0. The minimum atomic E-state index is -0.257. The van der Waals surface area contributed by atoms with E-state index in [0.29, 0.717) is 23.0 Å². The largest absolute Gasteiger partial charge is 0.338 e. The molecule has 1 heterocycles. The Morgan fingerprint density at radius 1 is 1.33 bits per heavy atom. The molecule has 2 nitrogen and oxygen atoms in total. The predicted octanol–water partition coefficient (Wildman–Crippen LogP) is 3.25. The van der Waals surface area contributed by atoms with Crippen molar-refractivity contribution in [3.8, 4) is 0 Å². The topological polar surface area (TPSA) is 20.3 Å². The van der Waals surface area contributed by atoms with Crippen molar-refractivity contribution in [2.75, 3.05) is 13.1 Å². The highest BCUT2D eigenvalue weighted by Gasteiger charge is 2.26. The molecule has 0 radical (unpaired) electrons. The van der Waals surface area contributed by atoms with E-state index in [1.54, 1.807) is 19.1 Å². The van der Waals surface area contributed by atoms with Crippen LogP contribution in [0.5, 0.6) is 0 Å². The monoisotopic (exact) mass is 249 g/mol. The van der Waals surface area contributed by atoms with E-state index in [4.69, 9.17) is 0 Å². The van der Waals surface area contributed by atoms with Crippen LogP contribution in [-0.4, -0.2) is 23.9 Å². The normalized spacial score (nSPS) is 24.1. The number of aryl methyl sites for hydroxylation is 1. The van der Waals surface area contributed by atoms with Gasteiger partial charge in [-0.15, -0.1) is 0 Å². The van der Waals surface area contributed by atoms with Crippen LogP contribution in [0.25, 0.3) is 0 Å². The molecule has 1 fully saturated rings. The zero-order valence-electron chi connectivity index (χ0n) is 11.2. The SMILES string of the molecule is Cc1cc(C(=O)N2CCC(C)C(C)C2)ccc1F. The summed E-state index contributed by atoms with van der Waals surface area (Å²) < 4.78 is 13.2. The molecule has 0 spiro atoms. The number of amides is 1. The van der Waals surface area contributed by atoms with Gasteiger partial charge in [-0.05, 0) is 48.9 Å². The maximum atomic E-state index is 13.2. The van der Waals surface area contributed by atoms with Gasteiger partial charge in [0, 0.05) is 18.7 Å². The molecule has 0 N–H and O–H groups in total. The highest BCUT2D eigenvalue weighted by Crippen LogP contribution is 2.24. The first-order valence-electron chi connectivity index (χ1n) is 6.54. The fourth-order valence-corrected chi connectivity index (χ4v) is 2.41. The van der Waals surface area contributed by atoms with Gasteiger partial charge >= 0.3 is 0 Å². The number of halogens is 1. The Balaban J connectivity index is 2.14. The van der Waals surface area contributed by atoms with E-state index >= 15 is 0 Å². The van der Waals surface area contributed by atoms with Crippen molar-refractivity contribution in [3.05, 3.63) is 35.1 Å². The Labute approximate surface area is 108 Å². The van der Waals surface area contributed by atoms with Gasteiger partial charge < -0.3 is 4.90 Å². The summed E-state index contributed by atoms with van der Waals surface area (Å²) in [5.74, 6) is 0.970. The first kappa shape index (κ1) is 13.1. The summed E-state index contributed by atoms with van der Waals surface area (Å²) in [5, 5.41) is 0. The van der Waals surface area contributed by atoms with E-state index in [1.807, 2.05) is 4.90 Å². The molecule has 1 amide bonds. The van der Waals surface area contributed by atoms with Crippen molar-refractivity contribution in [2.24, 2.45) is 11.8 Å². The molecular formula is C15H20FNO. The summed E-state index contributed by atoms with van der Waals surface area (Å²) in [5.41, 5.74) is 1.12. The van der Waals surface area contributed by atoms with E-state index in [1.165, 1.54) is 6.07 Å². The number of rotatable bonds is 1. The molecule has 0 aliphatic carbocycles. The lowest BCUT2D eigenvalue weighted by molar-refractivity contribution is 0.0627. The van der Waals surface area contributed by atoms with Crippen molar-refractivity contribution in [2.45, 2.75) is 27.2 Å². The Morgan fingerprint density at radius 2 is 2.06 bits per heavy atom. The van der Waals surface area contributed by atoms with Crippen LogP contribution in [0, 0.1) is 24.6 Å². The molecule has 1 saturated heterocycles. The molecule has 2 rings (SSSR count). The lowest BCUT2D eigenvalue weighted by atomic mass is 9.88. The quantitative estimate of drug-likeness (QED) is 0.748. The molecule has 1 aromatic rings. The van der Waals surface area contributed by atoms with E-state index in [0.717, 1.165) is 19.5 Å². The number of benzene rings is 1. The second kappa shape index (κ2) is 5.09. The molecule has 2 unspecified atom stereocenters. The Bertz CT molecular complexity index is 458. The van der Waals surface area contributed by atoms with Crippen LogP contribution in [-0.2, 0) is 0 Å². The number of piperidine rings is 1. The third-order valence-electron chi connectivity index (χ3n) is 4.03. The Kier molecular flexibility index (Phi) is 3.69. The summed E-state index contributed by atoms with van der Waals surface area (Å²) in [6.45, 7) is 7.71. The molecule has 1 aliphatic rings. The van der Waals surface area contributed by atoms with Crippen LogP contribution in [0.1, 0.15) is 36.2 Å². The second-order valence-corrected chi connectivity index (χ2v) is 5.46. The Morgan fingerprint density at radius 3 is 2.67 bits per heavy atom. The van der Waals surface area contributed by atoms with Gasteiger partial charge in [-0.25, -0.2) is 4.39 Å². The first-order chi connectivity index (χ1) is 8.49. The molecule has 2 atom stereocenters. The average Bonchev–Trinajstić information content (AvgIpc) is 2.35. The van der Waals surface area contributed by atoms with Gasteiger partial charge in [-0.3, -0.25) is 4.79 Å². The average molecular weight is 249 g/mol. The van der Waals surface area contributed by atoms with Crippen LogP contribution in [0.3, 0.4) is 0 Å². The number of carbonyl (C=O) groups excluding carboxylic acids is 1. The lowest BCUT2D eigenvalue weighted by Crippen LogP contribution is -2.42. The van der Waals surface area contributed by atoms with Crippen molar-refractivity contribution in [1.82, 2.24) is 4.90 Å². The maximum absolute atomic E-state index is 13.2. The summed E-state index contributed by atoms with van der Waals surface area (Å²) in [6, 6.07) is 4.59. The first-order valence-corrected chi connectivity index (χ1v) is 6.54. The molecule has 1 aliphatic heterocycles. The second-order valence-electron chi connectivity index (χ2n) is 5.46. The van der Waals surface area contributed by atoms with Crippen molar-refractivity contribution in [3.63, 3.8) is 0 Å². The minimum Gasteiger partial charge on any atom is -0.338 e. The zero-order chi connectivity index (χ0) is 13.3. The third kappa shape index (κ3) is 2.55. The molecule has 98 valence electrons. The smallest absolute Gasteiger partial charge is 0.253 e. The van der Waals surface area contributed by atoms with Gasteiger partial charge in [0.05, 0.1) is 0 Å². The number of hydrogen-bond acceptors (Lipinski definition) is 1. The van der Waals surface area contributed by atoms with Gasteiger partial charge in [-0.1, -0.05) is 13.8 Å². The number of likely N-dealkylation sites (tertiary alicyclic amines) is 1. The van der Waals surface area contributed by atoms with Crippen LogP contribution >= 0.6 is 0 Å². The summed E-state index contributed by atoms with van der Waals surface area (Å²) in [6.07, 6.45) is 1.05. The van der Waals surface area contributed by atoms with Gasteiger partial charge in [0.15, 0.2) is 0 Å². The van der Waals surface area contributed by atoms with E-state index in [2.05, 4.69) is 13.8 Å². The fraction of sp³-hybridized carbons (Fsp3) is 0.533. The summed E-state index contributed by atoms with van der Waals surface area (Å²) >= 11 is 0. The van der Waals surface area contributed by atoms with Crippen LogP contribution < -0.4 is 0 Å². The minimum absolute atomic E-state index is 0.0249. The highest BCUT2D eigenvalue weighted by atomic mass is 19.1. The van der Waals surface area contributed by atoms with Gasteiger partial charge in [0.1, 0.15) is 5.82 Å². The number of nitrogens with zero attached hydrogens (tertiary/aromatic N) is 1. The van der Waals surface area contributed by atoms with Crippen LogP contribution in [0.15, 0.2) is 18.2 Å². The van der Waals surface area contributed by atoms with Crippen LogP contribution in [0.2, 0.25) is 0 Å². The maximum Gasteiger partial charge on any atom is 0.253 e. The molecule has 18 heavy (non-hydrogen) atoms. The van der Waals surface area contributed by atoms with E-state index in [-0.39, 0.29) is 11.7 Å². The van der Waals surface area contributed by atoms with Crippen molar-refractivity contribution >= 4 is 5.91 Å². The van der Waals surface area contributed by atoms with Gasteiger partial charge in [0.25, 0.3) is 5.91 Å². The lowest BCUT2D eigenvalue weighted by Gasteiger charge is -2.35. The molecule has 0 bridgehead atoms.